The molecule has 0 aliphatic heterocycles. The van der Waals surface area contributed by atoms with Crippen LogP contribution in [0.5, 0.6) is 0 Å². The summed E-state index contributed by atoms with van der Waals surface area (Å²) in [6.07, 6.45) is -6.53. The maximum Gasteiger partial charge on any atom is 0.409 e. The molecule has 1 aliphatic rings. The Morgan fingerprint density at radius 1 is 0.971 bits per heavy atom. The number of rotatable bonds is 10. The number of carbonyl (C=O) groups is 3. The quantitative estimate of drug-likeness (QED) is 0.450. The first-order chi connectivity index (χ1) is 16.6. The summed E-state index contributed by atoms with van der Waals surface area (Å²) in [5.74, 6) is -2.86. The van der Waals surface area contributed by atoms with E-state index in [0.29, 0.717) is 12.8 Å². The molecule has 0 spiro atoms. The summed E-state index contributed by atoms with van der Waals surface area (Å²) in [7, 11) is 0. The molecule has 2 amide bonds. The average Bonchev–Trinajstić information content (AvgIpc) is 3.10. The first-order valence-electron chi connectivity index (χ1n) is 11.3. The maximum absolute atomic E-state index is 13.0. The summed E-state index contributed by atoms with van der Waals surface area (Å²) in [5, 5.41) is 13.0. The number of carboxylic acids is 1. The number of fused-ring (bicyclic) bond motifs is 3. The van der Waals surface area contributed by atoms with E-state index in [0.717, 1.165) is 22.3 Å². The van der Waals surface area contributed by atoms with Crippen molar-refractivity contribution in [3.8, 4) is 11.1 Å². The van der Waals surface area contributed by atoms with Gasteiger partial charge in [-0.3, -0.25) is 9.59 Å². The van der Waals surface area contributed by atoms with Gasteiger partial charge in [0.15, 0.2) is 0 Å². The Labute approximate surface area is 200 Å². The van der Waals surface area contributed by atoms with Gasteiger partial charge in [-0.15, -0.1) is 0 Å². The van der Waals surface area contributed by atoms with E-state index < -0.39 is 49.1 Å². The van der Waals surface area contributed by atoms with Crippen LogP contribution < -0.4 is 10.6 Å². The molecule has 0 fully saturated rings. The molecule has 2 atom stereocenters. The zero-order valence-electron chi connectivity index (χ0n) is 19.1. The van der Waals surface area contributed by atoms with E-state index in [2.05, 4.69) is 5.32 Å². The number of alkyl carbamates (subject to hydrolysis) is 1. The Hall–Kier alpha value is -3.56. The number of carbonyl (C=O) groups excluding carboxylic acids is 2. The zero-order valence-corrected chi connectivity index (χ0v) is 19.1. The molecule has 0 bridgehead atoms. The maximum atomic E-state index is 13.0. The summed E-state index contributed by atoms with van der Waals surface area (Å²) in [6.45, 7) is 1.85. The van der Waals surface area contributed by atoms with E-state index in [1.807, 2.05) is 48.5 Å². The molecule has 7 nitrogen and oxygen atoms in total. The number of carboxylic acid groups (broad SMARTS) is 1. The largest absolute Gasteiger partial charge is 0.481 e. The monoisotopic (exact) mass is 492 g/mol. The third-order valence-corrected chi connectivity index (χ3v) is 5.84. The Morgan fingerprint density at radius 2 is 1.54 bits per heavy atom. The Morgan fingerprint density at radius 3 is 2.06 bits per heavy atom. The van der Waals surface area contributed by atoms with Gasteiger partial charge in [0.25, 0.3) is 0 Å². The van der Waals surface area contributed by atoms with E-state index in [1.165, 1.54) is 0 Å². The Balaban J connectivity index is 1.59. The van der Waals surface area contributed by atoms with Crippen molar-refractivity contribution in [1.82, 2.24) is 10.6 Å². The molecule has 0 aromatic heterocycles. The second-order valence-corrected chi connectivity index (χ2v) is 8.42. The van der Waals surface area contributed by atoms with Crippen LogP contribution in [-0.2, 0) is 14.3 Å². The molecule has 0 saturated heterocycles. The van der Waals surface area contributed by atoms with Crippen LogP contribution in [0.3, 0.4) is 0 Å². The number of amides is 2. The van der Waals surface area contributed by atoms with Crippen LogP contribution in [-0.4, -0.2) is 47.9 Å². The normalized spacial score (nSPS) is 14.4. The van der Waals surface area contributed by atoms with Crippen LogP contribution >= 0.6 is 0 Å². The lowest BCUT2D eigenvalue weighted by Gasteiger charge is -2.23. The van der Waals surface area contributed by atoms with Crippen molar-refractivity contribution >= 4 is 18.0 Å². The lowest BCUT2D eigenvalue weighted by molar-refractivity contribution is -0.170. The lowest BCUT2D eigenvalue weighted by Crippen LogP contribution is -2.48. The van der Waals surface area contributed by atoms with E-state index in [1.54, 1.807) is 12.2 Å². The zero-order chi connectivity index (χ0) is 25.6. The standard InChI is InChI=1S/C25H27F3N2O5/c1-2-7-15(12-22(31)30-21(13-23(32)33)25(26,27)28)29-24(34)35-14-20-18-10-5-3-8-16(18)17-9-4-6-11-19(17)20/h3-6,8-11,15,20-21H,2,7,12-14H2,1H3,(H,29,34)(H,30,31)(H,32,33)/t15-,21?/m0/s1. The predicted octanol–water partition coefficient (Wildman–Crippen LogP) is 4.61. The highest BCUT2D eigenvalue weighted by Gasteiger charge is 2.42. The molecule has 3 rings (SSSR count). The first kappa shape index (κ1) is 26.1. The van der Waals surface area contributed by atoms with Crippen LogP contribution in [0, 0.1) is 0 Å². The van der Waals surface area contributed by atoms with Gasteiger partial charge in [-0.2, -0.15) is 13.2 Å². The molecule has 3 N–H and O–H groups in total. The van der Waals surface area contributed by atoms with Crippen molar-refractivity contribution in [2.75, 3.05) is 6.61 Å². The van der Waals surface area contributed by atoms with Gasteiger partial charge < -0.3 is 20.5 Å². The highest BCUT2D eigenvalue weighted by atomic mass is 19.4. The van der Waals surface area contributed by atoms with E-state index in [4.69, 9.17) is 9.84 Å². The SMILES string of the molecule is CCC[C@@H](CC(=O)NC(CC(=O)O)C(F)(F)F)NC(=O)OCC1c2ccccc2-c2ccccc21. The molecule has 35 heavy (non-hydrogen) atoms. The number of aliphatic carboxylic acids is 1. The van der Waals surface area contributed by atoms with E-state index >= 15 is 0 Å². The molecule has 188 valence electrons. The third kappa shape index (κ3) is 6.74. The van der Waals surface area contributed by atoms with Crippen molar-refractivity contribution < 1.29 is 37.4 Å². The van der Waals surface area contributed by atoms with Crippen LogP contribution in [0.1, 0.15) is 49.7 Å². The lowest BCUT2D eigenvalue weighted by atomic mass is 9.98. The number of nitrogens with one attached hydrogen (secondary N) is 2. The molecule has 0 heterocycles. The Kier molecular flexibility index (Phi) is 8.37. The van der Waals surface area contributed by atoms with Crippen LogP contribution in [0.2, 0.25) is 0 Å². The van der Waals surface area contributed by atoms with Crippen molar-refractivity contribution in [1.29, 1.82) is 0 Å². The first-order valence-corrected chi connectivity index (χ1v) is 11.3. The minimum absolute atomic E-state index is 0.0552. The molecule has 0 radical (unpaired) electrons. The van der Waals surface area contributed by atoms with Crippen molar-refractivity contribution in [2.24, 2.45) is 0 Å². The fourth-order valence-corrected chi connectivity index (χ4v) is 4.28. The Bertz CT molecular complexity index is 1030. The molecule has 10 heteroatoms. The van der Waals surface area contributed by atoms with Crippen molar-refractivity contribution in [3.05, 3.63) is 59.7 Å². The summed E-state index contributed by atoms with van der Waals surface area (Å²) in [4.78, 5) is 35.4. The predicted molar refractivity (Wildman–Crippen MR) is 122 cm³/mol. The van der Waals surface area contributed by atoms with E-state index in [9.17, 15) is 27.6 Å². The summed E-state index contributed by atoms with van der Waals surface area (Å²) < 4.78 is 44.5. The number of ether oxygens (including phenoxy) is 1. The number of benzene rings is 2. The summed E-state index contributed by atoms with van der Waals surface area (Å²) in [6, 6.07) is 12.4. The molecular weight excluding hydrogens is 465 g/mol. The molecule has 0 saturated carbocycles. The highest BCUT2D eigenvalue weighted by molar-refractivity contribution is 5.80. The molecular formula is C25H27F3N2O5. The molecule has 1 unspecified atom stereocenters. The van der Waals surface area contributed by atoms with Gasteiger partial charge in [-0.1, -0.05) is 61.9 Å². The fraction of sp³-hybridized carbons (Fsp3) is 0.400. The fourth-order valence-electron chi connectivity index (χ4n) is 4.28. The van der Waals surface area contributed by atoms with Crippen LogP contribution in [0.25, 0.3) is 11.1 Å². The second kappa shape index (κ2) is 11.2. The van der Waals surface area contributed by atoms with Gasteiger partial charge in [-0.25, -0.2) is 4.79 Å². The number of hydrogen-bond acceptors (Lipinski definition) is 4. The highest BCUT2D eigenvalue weighted by Crippen LogP contribution is 2.44. The molecule has 2 aromatic carbocycles. The average molecular weight is 492 g/mol. The minimum Gasteiger partial charge on any atom is -0.481 e. The van der Waals surface area contributed by atoms with Gasteiger partial charge in [-0.05, 0) is 28.7 Å². The summed E-state index contributed by atoms with van der Waals surface area (Å²) >= 11 is 0. The van der Waals surface area contributed by atoms with E-state index in [-0.39, 0.29) is 12.5 Å². The summed E-state index contributed by atoms with van der Waals surface area (Å²) in [5.41, 5.74) is 4.20. The number of hydrogen-bond donors (Lipinski definition) is 3. The van der Waals surface area contributed by atoms with Gasteiger partial charge in [0.1, 0.15) is 12.6 Å². The molecule has 1 aliphatic carbocycles. The molecule has 2 aromatic rings. The minimum atomic E-state index is -4.91. The van der Waals surface area contributed by atoms with Gasteiger partial charge >= 0.3 is 18.2 Å². The van der Waals surface area contributed by atoms with Gasteiger partial charge in [0, 0.05) is 18.4 Å². The van der Waals surface area contributed by atoms with Crippen molar-refractivity contribution in [3.63, 3.8) is 0 Å². The number of alkyl halides is 3. The topological polar surface area (TPSA) is 105 Å². The third-order valence-electron chi connectivity index (χ3n) is 5.84. The van der Waals surface area contributed by atoms with Crippen molar-refractivity contribution in [2.45, 2.75) is 56.8 Å². The van der Waals surface area contributed by atoms with Crippen LogP contribution in [0.4, 0.5) is 18.0 Å². The second-order valence-electron chi connectivity index (χ2n) is 8.42. The van der Waals surface area contributed by atoms with Crippen LogP contribution in [0.15, 0.2) is 48.5 Å². The smallest absolute Gasteiger partial charge is 0.409 e. The van der Waals surface area contributed by atoms with Gasteiger partial charge in [0.05, 0.1) is 6.42 Å². The van der Waals surface area contributed by atoms with Gasteiger partial charge in [0.2, 0.25) is 5.91 Å². The number of halogens is 3.